The fourth-order valence-electron chi connectivity index (χ4n) is 3.36. The SMILES string of the molecule is CC(CC(=O)NCCCNc1n[nH]c(=O)c2ccccc12)c1nc(-c2ccc(F)cc2)no1. The van der Waals surface area contributed by atoms with Crippen molar-refractivity contribution in [2.75, 3.05) is 18.4 Å². The van der Waals surface area contributed by atoms with E-state index >= 15 is 0 Å². The van der Waals surface area contributed by atoms with E-state index in [-0.39, 0.29) is 29.6 Å². The Morgan fingerprint density at radius 2 is 1.88 bits per heavy atom. The number of nitrogens with zero attached hydrogens (tertiary/aromatic N) is 3. The van der Waals surface area contributed by atoms with Crippen LogP contribution in [0.4, 0.5) is 10.2 Å². The number of fused-ring (bicyclic) bond motifs is 1. The van der Waals surface area contributed by atoms with Gasteiger partial charge in [0.25, 0.3) is 5.56 Å². The first-order valence-electron chi connectivity index (χ1n) is 10.6. The van der Waals surface area contributed by atoms with Crippen molar-refractivity contribution in [3.63, 3.8) is 0 Å². The highest BCUT2D eigenvalue weighted by atomic mass is 19.1. The summed E-state index contributed by atoms with van der Waals surface area (Å²) in [5, 5.41) is 17.8. The number of carbonyl (C=O) groups excluding carboxylic acids is 1. The number of benzene rings is 2. The van der Waals surface area contributed by atoms with Crippen molar-refractivity contribution in [3.05, 3.63) is 70.6 Å². The summed E-state index contributed by atoms with van der Waals surface area (Å²) >= 11 is 0. The van der Waals surface area contributed by atoms with Gasteiger partial charge >= 0.3 is 0 Å². The molecule has 4 rings (SSSR count). The third-order valence-corrected chi connectivity index (χ3v) is 5.12. The van der Waals surface area contributed by atoms with E-state index in [1.54, 1.807) is 24.3 Å². The largest absolute Gasteiger partial charge is 0.368 e. The van der Waals surface area contributed by atoms with Gasteiger partial charge in [0.15, 0.2) is 5.82 Å². The topological polar surface area (TPSA) is 126 Å². The van der Waals surface area contributed by atoms with Crippen LogP contribution in [0.25, 0.3) is 22.2 Å². The van der Waals surface area contributed by atoms with Crippen molar-refractivity contribution in [3.8, 4) is 11.4 Å². The molecule has 3 N–H and O–H groups in total. The summed E-state index contributed by atoms with van der Waals surface area (Å²) in [5.74, 6) is 0.566. The van der Waals surface area contributed by atoms with Crippen LogP contribution in [-0.4, -0.2) is 39.3 Å². The molecule has 10 heteroatoms. The Balaban J connectivity index is 1.22. The number of aromatic nitrogens is 4. The third kappa shape index (κ3) is 5.40. The zero-order valence-corrected chi connectivity index (χ0v) is 18.0. The summed E-state index contributed by atoms with van der Waals surface area (Å²) in [7, 11) is 0. The predicted octanol–water partition coefficient (Wildman–Crippen LogP) is 3.22. The number of hydrogen-bond donors (Lipinski definition) is 3. The van der Waals surface area contributed by atoms with Crippen LogP contribution in [0, 0.1) is 5.82 Å². The smallest absolute Gasteiger partial charge is 0.272 e. The zero-order valence-electron chi connectivity index (χ0n) is 18.0. The molecular formula is C23H23FN6O3. The molecule has 0 fully saturated rings. The van der Waals surface area contributed by atoms with Crippen LogP contribution >= 0.6 is 0 Å². The van der Waals surface area contributed by atoms with Crippen molar-refractivity contribution in [2.24, 2.45) is 0 Å². The molecule has 9 nitrogen and oxygen atoms in total. The summed E-state index contributed by atoms with van der Waals surface area (Å²) in [4.78, 5) is 28.4. The van der Waals surface area contributed by atoms with Gasteiger partial charge in [0, 0.05) is 36.4 Å². The summed E-state index contributed by atoms with van der Waals surface area (Å²) < 4.78 is 18.3. The molecule has 0 aliphatic rings. The molecule has 0 saturated heterocycles. The summed E-state index contributed by atoms with van der Waals surface area (Å²) in [6.45, 7) is 2.88. The standard InChI is InChI=1S/C23H23FN6O3/c1-14(23-27-20(30-33-23)15-7-9-16(24)10-8-15)13-19(31)25-11-4-12-26-21-17-5-2-3-6-18(17)22(32)29-28-21/h2-3,5-10,14H,4,11-13H2,1H3,(H,25,31)(H,26,28)(H,29,32). The van der Waals surface area contributed by atoms with Crippen LogP contribution in [0.1, 0.15) is 31.6 Å². The molecule has 1 amide bonds. The second-order valence-corrected chi connectivity index (χ2v) is 7.65. The lowest BCUT2D eigenvalue weighted by molar-refractivity contribution is -0.121. The molecule has 1 unspecified atom stereocenters. The summed E-state index contributed by atoms with van der Waals surface area (Å²) in [6, 6.07) is 13.0. The Bertz CT molecular complexity index is 1300. The van der Waals surface area contributed by atoms with Crippen molar-refractivity contribution >= 4 is 22.5 Å². The molecule has 1 atom stereocenters. The number of halogens is 1. The zero-order chi connectivity index (χ0) is 23.2. The maximum Gasteiger partial charge on any atom is 0.272 e. The van der Waals surface area contributed by atoms with E-state index in [9.17, 15) is 14.0 Å². The lowest BCUT2D eigenvalue weighted by Crippen LogP contribution is -2.27. The van der Waals surface area contributed by atoms with Crippen molar-refractivity contribution in [2.45, 2.75) is 25.7 Å². The molecule has 170 valence electrons. The highest BCUT2D eigenvalue weighted by Crippen LogP contribution is 2.22. The van der Waals surface area contributed by atoms with Crippen LogP contribution in [-0.2, 0) is 4.79 Å². The maximum absolute atomic E-state index is 13.1. The molecular weight excluding hydrogens is 427 g/mol. The van der Waals surface area contributed by atoms with Gasteiger partial charge in [-0.1, -0.05) is 30.3 Å². The minimum absolute atomic E-state index is 0.128. The molecule has 2 aromatic heterocycles. The first-order valence-corrected chi connectivity index (χ1v) is 10.6. The molecule has 33 heavy (non-hydrogen) atoms. The van der Waals surface area contributed by atoms with Gasteiger partial charge in [-0.2, -0.15) is 10.1 Å². The highest BCUT2D eigenvalue weighted by Gasteiger charge is 2.18. The number of carbonyl (C=O) groups is 1. The summed E-state index contributed by atoms with van der Waals surface area (Å²) in [5.41, 5.74) is 0.406. The van der Waals surface area contributed by atoms with Crippen molar-refractivity contribution in [1.29, 1.82) is 0 Å². The van der Waals surface area contributed by atoms with Gasteiger partial charge in [-0.15, -0.1) is 0 Å². The fraction of sp³-hybridized carbons (Fsp3) is 0.261. The maximum atomic E-state index is 13.1. The average molecular weight is 450 g/mol. The number of hydrogen-bond acceptors (Lipinski definition) is 7. The van der Waals surface area contributed by atoms with E-state index in [1.807, 2.05) is 19.1 Å². The van der Waals surface area contributed by atoms with Gasteiger partial charge in [-0.25, -0.2) is 9.49 Å². The molecule has 2 aromatic carbocycles. The van der Waals surface area contributed by atoms with E-state index in [0.29, 0.717) is 48.0 Å². The molecule has 0 aliphatic carbocycles. The number of aromatic amines is 1. The van der Waals surface area contributed by atoms with E-state index in [2.05, 4.69) is 31.0 Å². The molecule has 0 spiro atoms. The van der Waals surface area contributed by atoms with Gasteiger partial charge in [-0.3, -0.25) is 9.59 Å². The van der Waals surface area contributed by atoms with E-state index in [1.165, 1.54) is 12.1 Å². The molecule has 0 aliphatic heterocycles. The lowest BCUT2D eigenvalue weighted by Gasteiger charge is -2.10. The molecule has 0 bridgehead atoms. The van der Waals surface area contributed by atoms with Gasteiger partial charge in [0.05, 0.1) is 5.39 Å². The number of nitrogens with one attached hydrogen (secondary N) is 3. The van der Waals surface area contributed by atoms with Crippen LogP contribution in [0.3, 0.4) is 0 Å². The monoisotopic (exact) mass is 450 g/mol. The van der Waals surface area contributed by atoms with Gasteiger partial charge < -0.3 is 15.2 Å². The van der Waals surface area contributed by atoms with Gasteiger partial charge in [-0.05, 0) is 36.8 Å². The number of anilines is 1. The van der Waals surface area contributed by atoms with Gasteiger partial charge in [0.1, 0.15) is 5.82 Å². The van der Waals surface area contributed by atoms with Crippen LogP contribution in [0.15, 0.2) is 57.8 Å². The van der Waals surface area contributed by atoms with E-state index < -0.39 is 0 Å². The Kier molecular flexibility index (Phi) is 6.72. The minimum Gasteiger partial charge on any atom is -0.368 e. The first kappa shape index (κ1) is 22.1. The van der Waals surface area contributed by atoms with Crippen LogP contribution in [0.5, 0.6) is 0 Å². The van der Waals surface area contributed by atoms with Crippen molar-refractivity contribution in [1.82, 2.24) is 25.7 Å². The third-order valence-electron chi connectivity index (χ3n) is 5.12. The molecule has 0 radical (unpaired) electrons. The lowest BCUT2D eigenvalue weighted by atomic mass is 10.1. The molecule has 2 heterocycles. The Morgan fingerprint density at radius 1 is 1.12 bits per heavy atom. The Morgan fingerprint density at radius 3 is 2.67 bits per heavy atom. The molecule has 4 aromatic rings. The average Bonchev–Trinajstić information content (AvgIpc) is 3.31. The quantitative estimate of drug-likeness (QED) is 0.334. The molecule has 0 saturated carbocycles. The number of rotatable bonds is 9. The second-order valence-electron chi connectivity index (χ2n) is 7.65. The summed E-state index contributed by atoms with van der Waals surface area (Å²) in [6.07, 6.45) is 0.870. The Hall–Kier alpha value is -4.08. The van der Waals surface area contributed by atoms with Crippen LogP contribution in [0.2, 0.25) is 0 Å². The number of H-pyrrole nitrogens is 1. The van der Waals surface area contributed by atoms with E-state index in [0.717, 1.165) is 5.39 Å². The highest BCUT2D eigenvalue weighted by molar-refractivity contribution is 5.90. The van der Waals surface area contributed by atoms with Gasteiger partial charge in [0.2, 0.25) is 17.6 Å². The predicted molar refractivity (Wildman–Crippen MR) is 121 cm³/mol. The van der Waals surface area contributed by atoms with E-state index in [4.69, 9.17) is 4.52 Å². The van der Waals surface area contributed by atoms with Crippen LogP contribution < -0.4 is 16.2 Å². The minimum atomic E-state index is -0.342. The second kappa shape index (κ2) is 10.0. The number of amides is 1. The van der Waals surface area contributed by atoms with Crippen molar-refractivity contribution < 1.29 is 13.7 Å². The Labute approximate surface area is 188 Å². The first-order chi connectivity index (χ1) is 16.0. The normalized spacial score (nSPS) is 11.9. The fourth-order valence-corrected chi connectivity index (χ4v) is 3.36.